The summed E-state index contributed by atoms with van der Waals surface area (Å²) in [6.45, 7) is 7.91. The molecule has 2 aliphatic carbocycles. The first-order valence-electron chi connectivity index (χ1n) is 6.91. The maximum atomic E-state index is 10.9. The van der Waals surface area contributed by atoms with Gasteiger partial charge in [-0.25, -0.2) is 13.6 Å². The second kappa shape index (κ2) is 4.46. The zero-order chi connectivity index (χ0) is 13.6. The molecule has 5 heteroatoms. The van der Waals surface area contributed by atoms with E-state index >= 15 is 0 Å². The van der Waals surface area contributed by atoms with Crippen LogP contribution >= 0.6 is 0 Å². The van der Waals surface area contributed by atoms with Gasteiger partial charge in [0.15, 0.2) is 0 Å². The first-order chi connectivity index (χ1) is 8.17. The number of primary sulfonamides is 1. The highest BCUT2D eigenvalue weighted by Crippen LogP contribution is 2.65. The van der Waals surface area contributed by atoms with E-state index < -0.39 is 10.0 Å². The number of fused-ring (bicyclic) bond motifs is 2. The molecule has 2 bridgehead atoms. The Bertz CT molecular complexity index is 419. The van der Waals surface area contributed by atoms with Crippen LogP contribution in [-0.4, -0.2) is 26.8 Å². The largest absolute Gasteiger partial charge is 0.313 e. The highest BCUT2D eigenvalue weighted by Gasteiger charge is 2.60. The number of sulfonamides is 1. The fourth-order valence-corrected chi connectivity index (χ4v) is 4.61. The molecular formula is C13H26N2O2S. The number of nitrogens with one attached hydrogen (secondary N) is 1. The summed E-state index contributed by atoms with van der Waals surface area (Å²) in [4.78, 5) is 0. The van der Waals surface area contributed by atoms with Crippen LogP contribution in [0.25, 0.3) is 0 Å². The minimum atomic E-state index is -3.31. The minimum absolute atomic E-state index is 0.0796. The van der Waals surface area contributed by atoms with Crippen molar-refractivity contribution in [1.82, 2.24) is 5.32 Å². The molecule has 0 aromatic heterocycles. The van der Waals surface area contributed by atoms with Crippen molar-refractivity contribution in [2.45, 2.75) is 52.5 Å². The highest BCUT2D eigenvalue weighted by atomic mass is 32.2. The summed E-state index contributed by atoms with van der Waals surface area (Å²) in [6, 6.07) is 0.534. The van der Waals surface area contributed by atoms with Gasteiger partial charge in [-0.2, -0.15) is 0 Å². The summed E-state index contributed by atoms with van der Waals surface area (Å²) in [5, 5.41) is 8.57. The molecule has 2 saturated carbocycles. The summed E-state index contributed by atoms with van der Waals surface area (Å²) in [5.41, 5.74) is 0.768. The average molecular weight is 274 g/mol. The Labute approximate surface area is 111 Å². The van der Waals surface area contributed by atoms with Gasteiger partial charge < -0.3 is 5.32 Å². The molecule has 0 amide bonds. The summed E-state index contributed by atoms with van der Waals surface area (Å²) < 4.78 is 21.7. The molecule has 0 aliphatic heterocycles. The van der Waals surface area contributed by atoms with Crippen LogP contribution in [0.4, 0.5) is 0 Å². The first kappa shape index (κ1) is 14.3. The predicted molar refractivity (Wildman–Crippen MR) is 73.6 cm³/mol. The third-order valence-corrected chi connectivity index (χ3v) is 6.65. The minimum Gasteiger partial charge on any atom is -0.313 e. The number of rotatable bonds is 5. The van der Waals surface area contributed by atoms with Crippen LogP contribution in [0.1, 0.15) is 46.5 Å². The van der Waals surface area contributed by atoms with Crippen molar-refractivity contribution in [3.05, 3.63) is 0 Å². The third-order valence-electron chi connectivity index (χ3n) is 5.79. The van der Waals surface area contributed by atoms with E-state index in [-0.39, 0.29) is 5.75 Å². The lowest BCUT2D eigenvalue weighted by Crippen LogP contribution is -2.45. The zero-order valence-corrected chi connectivity index (χ0v) is 12.5. The topological polar surface area (TPSA) is 72.2 Å². The maximum Gasteiger partial charge on any atom is 0.209 e. The second-order valence-corrected chi connectivity index (χ2v) is 8.57. The van der Waals surface area contributed by atoms with Crippen LogP contribution in [0.2, 0.25) is 0 Å². The Kier molecular flexibility index (Phi) is 3.54. The number of hydrogen-bond acceptors (Lipinski definition) is 3. The van der Waals surface area contributed by atoms with Gasteiger partial charge in [0.2, 0.25) is 10.0 Å². The van der Waals surface area contributed by atoms with Crippen molar-refractivity contribution < 1.29 is 8.42 Å². The van der Waals surface area contributed by atoms with Crippen LogP contribution in [0.15, 0.2) is 0 Å². The fourth-order valence-electron chi connectivity index (χ4n) is 4.06. The van der Waals surface area contributed by atoms with Gasteiger partial charge >= 0.3 is 0 Å². The molecule has 2 fully saturated rings. The summed E-state index contributed by atoms with van der Waals surface area (Å²) in [5.74, 6) is 0.897. The molecule has 106 valence electrons. The summed E-state index contributed by atoms with van der Waals surface area (Å²) in [7, 11) is -3.31. The standard InChI is InChI=1S/C13H26N2O2S/c1-12(2)10-5-6-13(12,3)11(9-10)15-7-4-8-18(14,16)17/h10-11,15H,4-9H2,1-3H3,(H2,14,16,17). The molecule has 18 heavy (non-hydrogen) atoms. The first-order valence-corrected chi connectivity index (χ1v) is 8.62. The van der Waals surface area contributed by atoms with Gasteiger partial charge in [-0.1, -0.05) is 20.8 Å². The van der Waals surface area contributed by atoms with Crippen LogP contribution < -0.4 is 10.5 Å². The molecule has 2 rings (SSSR count). The Morgan fingerprint density at radius 1 is 1.33 bits per heavy atom. The molecule has 2 aliphatic rings. The van der Waals surface area contributed by atoms with Gasteiger partial charge in [-0.15, -0.1) is 0 Å². The van der Waals surface area contributed by atoms with Gasteiger partial charge in [0.25, 0.3) is 0 Å². The van der Waals surface area contributed by atoms with Gasteiger partial charge in [0.1, 0.15) is 0 Å². The molecular weight excluding hydrogens is 248 g/mol. The Morgan fingerprint density at radius 3 is 2.44 bits per heavy atom. The van der Waals surface area contributed by atoms with E-state index in [9.17, 15) is 8.42 Å². The molecule has 3 unspecified atom stereocenters. The van der Waals surface area contributed by atoms with Crippen molar-refractivity contribution >= 4 is 10.0 Å². The average Bonchev–Trinajstić information content (AvgIpc) is 2.55. The van der Waals surface area contributed by atoms with E-state index in [1.807, 2.05) is 0 Å². The quantitative estimate of drug-likeness (QED) is 0.746. The highest BCUT2D eigenvalue weighted by molar-refractivity contribution is 7.89. The second-order valence-electron chi connectivity index (χ2n) is 6.84. The Morgan fingerprint density at radius 2 is 2.00 bits per heavy atom. The van der Waals surface area contributed by atoms with E-state index in [2.05, 4.69) is 26.1 Å². The Balaban J connectivity index is 1.86. The lowest BCUT2D eigenvalue weighted by atomic mass is 9.69. The molecule has 0 heterocycles. The smallest absolute Gasteiger partial charge is 0.209 e. The number of nitrogens with two attached hydrogens (primary N) is 1. The molecule has 0 spiro atoms. The van der Waals surface area contributed by atoms with Gasteiger partial charge in [0, 0.05) is 6.04 Å². The lowest BCUT2D eigenvalue weighted by Gasteiger charge is -2.39. The van der Waals surface area contributed by atoms with Crippen molar-refractivity contribution in [2.75, 3.05) is 12.3 Å². The molecule has 0 saturated heterocycles. The van der Waals surface area contributed by atoms with Gasteiger partial charge in [-0.05, 0) is 49.0 Å². The van der Waals surface area contributed by atoms with E-state index in [0.29, 0.717) is 23.3 Å². The zero-order valence-electron chi connectivity index (χ0n) is 11.7. The normalized spacial score (nSPS) is 38.2. The van der Waals surface area contributed by atoms with Crippen LogP contribution in [0.5, 0.6) is 0 Å². The Hall–Kier alpha value is -0.130. The van der Waals surface area contributed by atoms with Crippen molar-refractivity contribution in [3.63, 3.8) is 0 Å². The molecule has 3 atom stereocenters. The summed E-state index contributed by atoms with van der Waals surface area (Å²) in [6.07, 6.45) is 4.48. The number of hydrogen-bond donors (Lipinski definition) is 2. The van der Waals surface area contributed by atoms with Crippen molar-refractivity contribution in [1.29, 1.82) is 0 Å². The van der Waals surface area contributed by atoms with Gasteiger partial charge in [0.05, 0.1) is 5.75 Å². The monoisotopic (exact) mass is 274 g/mol. The van der Waals surface area contributed by atoms with E-state index in [1.165, 1.54) is 19.3 Å². The lowest BCUT2D eigenvalue weighted by molar-refractivity contribution is 0.121. The SMILES string of the molecule is CC1(C)C2CCC1(C)C(NCCCS(N)(=O)=O)C2. The van der Waals surface area contributed by atoms with Crippen LogP contribution in [0, 0.1) is 16.7 Å². The predicted octanol–water partition coefficient (Wildman–Crippen LogP) is 1.47. The van der Waals surface area contributed by atoms with E-state index in [4.69, 9.17) is 5.14 Å². The summed E-state index contributed by atoms with van der Waals surface area (Å²) >= 11 is 0. The van der Waals surface area contributed by atoms with Crippen molar-refractivity contribution in [3.8, 4) is 0 Å². The fraction of sp³-hybridized carbons (Fsp3) is 1.00. The van der Waals surface area contributed by atoms with Crippen LogP contribution in [-0.2, 0) is 10.0 Å². The van der Waals surface area contributed by atoms with Gasteiger partial charge in [-0.3, -0.25) is 0 Å². The van der Waals surface area contributed by atoms with Crippen LogP contribution in [0.3, 0.4) is 0 Å². The molecule has 4 nitrogen and oxygen atoms in total. The van der Waals surface area contributed by atoms with Crippen molar-refractivity contribution in [2.24, 2.45) is 21.9 Å². The third kappa shape index (κ3) is 2.32. The molecule has 0 radical (unpaired) electrons. The van der Waals surface area contributed by atoms with E-state index in [1.54, 1.807) is 0 Å². The van der Waals surface area contributed by atoms with E-state index in [0.717, 1.165) is 12.5 Å². The maximum absolute atomic E-state index is 10.9. The molecule has 0 aromatic rings. The molecule has 3 N–H and O–H groups in total. The molecule has 0 aromatic carbocycles.